The van der Waals surface area contributed by atoms with Crippen LogP contribution in [0.3, 0.4) is 0 Å². The maximum Gasteiger partial charge on any atom is 0.339 e. The molecule has 0 bridgehead atoms. The highest BCUT2D eigenvalue weighted by atomic mass is 16.5. The van der Waals surface area contributed by atoms with Gasteiger partial charge in [-0.25, -0.2) is 0 Å². The first-order valence-corrected chi connectivity index (χ1v) is 7.39. The first kappa shape index (κ1) is 12.9. The van der Waals surface area contributed by atoms with Gasteiger partial charge in [-0.1, -0.05) is 19.3 Å². The Hall–Kier alpha value is -0.530. The van der Waals surface area contributed by atoms with Gasteiger partial charge >= 0.3 is 5.90 Å². The minimum Gasteiger partial charge on any atom is -0.441 e. The predicted molar refractivity (Wildman–Crippen MR) is 71.6 cm³/mol. The summed E-state index contributed by atoms with van der Waals surface area (Å²) in [6, 6.07) is 1.22. The van der Waals surface area contributed by atoms with Crippen LogP contribution in [0.1, 0.15) is 59.8 Å². The maximum absolute atomic E-state index is 6.00. The molecule has 0 N–H and O–H groups in total. The first-order valence-electron chi connectivity index (χ1n) is 7.39. The number of ether oxygens (including phenoxy) is 1. The Morgan fingerprint density at radius 2 is 1.71 bits per heavy atom. The van der Waals surface area contributed by atoms with E-state index in [0.29, 0.717) is 18.0 Å². The quantitative estimate of drug-likeness (QED) is 0.686. The fourth-order valence-electron chi connectivity index (χ4n) is 3.47. The Morgan fingerprint density at radius 1 is 1.06 bits per heavy atom. The van der Waals surface area contributed by atoms with Crippen LogP contribution in [0.4, 0.5) is 0 Å². The van der Waals surface area contributed by atoms with Crippen molar-refractivity contribution in [2.75, 3.05) is 6.61 Å². The molecule has 0 unspecified atom stereocenters. The molecule has 2 heteroatoms. The number of hydrogen-bond donors (Lipinski definition) is 0. The summed E-state index contributed by atoms with van der Waals surface area (Å²) in [6.45, 7) is 10.0. The van der Waals surface area contributed by atoms with E-state index in [9.17, 15) is 0 Å². The Balaban J connectivity index is 2.17. The van der Waals surface area contributed by atoms with Crippen molar-refractivity contribution in [1.29, 1.82) is 0 Å². The standard InChI is InChI=1S/C15H28NO/c1-11(2)15-16(12(3)4)14(10-17-15)13-8-6-5-7-9-13/h11-14H,5-10H2,1-4H3/q+1/t14-/m1/s1. The fraction of sp³-hybridized carbons (Fsp3) is 0.933. The molecule has 0 aromatic heterocycles. The molecule has 98 valence electrons. The lowest BCUT2D eigenvalue weighted by molar-refractivity contribution is -0.595. The van der Waals surface area contributed by atoms with Gasteiger partial charge in [-0.15, -0.1) is 0 Å². The van der Waals surface area contributed by atoms with E-state index >= 15 is 0 Å². The van der Waals surface area contributed by atoms with Gasteiger partial charge in [0.25, 0.3) is 0 Å². The summed E-state index contributed by atoms with van der Waals surface area (Å²) in [5, 5.41) is 0. The monoisotopic (exact) mass is 238 g/mol. The van der Waals surface area contributed by atoms with Crippen LogP contribution in [0.2, 0.25) is 0 Å². The third-order valence-corrected chi connectivity index (χ3v) is 4.26. The highest BCUT2D eigenvalue weighted by molar-refractivity contribution is 5.74. The van der Waals surface area contributed by atoms with E-state index in [4.69, 9.17) is 4.74 Å². The molecule has 0 saturated heterocycles. The molecule has 0 amide bonds. The molecule has 2 aliphatic rings. The lowest BCUT2D eigenvalue weighted by Crippen LogP contribution is -2.39. The van der Waals surface area contributed by atoms with Crippen LogP contribution in [-0.2, 0) is 4.74 Å². The van der Waals surface area contributed by atoms with Crippen molar-refractivity contribution in [3.05, 3.63) is 0 Å². The zero-order valence-corrected chi connectivity index (χ0v) is 11.9. The molecule has 2 nitrogen and oxygen atoms in total. The maximum atomic E-state index is 6.00. The number of nitrogens with zero attached hydrogens (tertiary/aromatic N) is 1. The van der Waals surface area contributed by atoms with Crippen molar-refractivity contribution in [2.24, 2.45) is 11.8 Å². The molecular formula is C15H28NO+. The minimum absolute atomic E-state index is 0.519. The highest BCUT2D eigenvalue weighted by Crippen LogP contribution is 2.31. The summed E-state index contributed by atoms with van der Waals surface area (Å²) < 4.78 is 8.57. The third-order valence-electron chi connectivity index (χ3n) is 4.26. The van der Waals surface area contributed by atoms with Crippen molar-refractivity contribution in [1.82, 2.24) is 0 Å². The van der Waals surface area contributed by atoms with Crippen molar-refractivity contribution >= 4 is 5.90 Å². The first-order chi connectivity index (χ1) is 8.11. The molecule has 0 aromatic rings. The smallest absolute Gasteiger partial charge is 0.339 e. The van der Waals surface area contributed by atoms with Gasteiger partial charge in [0, 0.05) is 5.92 Å². The summed E-state index contributed by atoms with van der Waals surface area (Å²) >= 11 is 0. The van der Waals surface area contributed by atoms with Gasteiger partial charge < -0.3 is 4.74 Å². The molecule has 1 saturated carbocycles. The number of rotatable bonds is 3. The van der Waals surface area contributed by atoms with Gasteiger partial charge in [0.05, 0.1) is 5.92 Å². The topological polar surface area (TPSA) is 12.2 Å². The van der Waals surface area contributed by atoms with Gasteiger partial charge in [0.15, 0.2) is 18.7 Å². The molecular weight excluding hydrogens is 210 g/mol. The second kappa shape index (κ2) is 5.41. The number of hydrogen-bond acceptors (Lipinski definition) is 1. The average molecular weight is 238 g/mol. The molecule has 0 spiro atoms. The molecule has 17 heavy (non-hydrogen) atoms. The van der Waals surface area contributed by atoms with E-state index in [-0.39, 0.29) is 0 Å². The molecule has 0 aromatic carbocycles. The molecule has 1 atom stereocenters. The van der Waals surface area contributed by atoms with Crippen LogP contribution in [0.25, 0.3) is 0 Å². The predicted octanol–water partition coefficient (Wildman–Crippen LogP) is 3.44. The summed E-state index contributed by atoms with van der Waals surface area (Å²) in [7, 11) is 0. The largest absolute Gasteiger partial charge is 0.441 e. The lowest BCUT2D eigenvalue weighted by Gasteiger charge is -2.25. The van der Waals surface area contributed by atoms with Crippen LogP contribution >= 0.6 is 0 Å². The molecule has 1 fully saturated rings. The normalized spacial score (nSPS) is 27.1. The van der Waals surface area contributed by atoms with Gasteiger partial charge in [0.1, 0.15) is 0 Å². The summed E-state index contributed by atoms with van der Waals surface area (Å²) in [5.41, 5.74) is 0. The SMILES string of the molecule is CC(C)C1=[N+](C(C)C)[C@@H](C2CCCCC2)CO1. The summed E-state index contributed by atoms with van der Waals surface area (Å²) in [4.78, 5) is 0. The zero-order valence-electron chi connectivity index (χ0n) is 11.9. The van der Waals surface area contributed by atoms with Gasteiger partial charge in [0.2, 0.25) is 0 Å². The van der Waals surface area contributed by atoms with Crippen LogP contribution in [0.15, 0.2) is 0 Å². The van der Waals surface area contributed by atoms with E-state index < -0.39 is 0 Å². The van der Waals surface area contributed by atoms with Gasteiger partial charge in [-0.3, -0.25) is 0 Å². The summed E-state index contributed by atoms with van der Waals surface area (Å²) in [5.74, 6) is 2.61. The van der Waals surface area contributed by atoms with E-state index in [0.717, 1.165) is 12.5 Å². The third kappa shape index (κ3) is 2.66. The Labute approximate surface area is 106 Å². The van der Waals surface area contributed by atoms with E-state index in [2.05, 4.69) is 32.3 Å². The molecule has 2 rings (SSSR count). The lowest BCUT2D eigenvalue weighted by atomic mass is 9.84. The fourth-order valence-corrected chi connectivity index (χ4v) is 3.47. The Morgan fingerprint density at radius 3 is 2.24 bits per heavy atom. The molecule has 1 aliphatic heterocycles. The molecule has 0 radical (unpaired) electrons. The van der Waals surface area contributed by atoms with Crippen molar-refractivity contribution in [3.8, 4) is 0 Å². The average Bonchev–Trinajstić information content (AvgIpc) is 2.74. The van der Waals surface area contributed by atoms with E-state index in [1.165, 1.54) is 38.0 Å². The van der Waals surface area contributed by atoms with E-state index in [1.807, 2.05) is 0 Å². The van der Waals surface area contributed by atoms with Gasteiger partial charge in [-0.2, -0.15) is 4.58 Å². The van der Waals surface area contributed by atoms with Crippen molar-refractivity contribution in [3.63, 3.8) is 0 Å². The second-order valence-electron chi connectivity index (χ2n) is 6.27. The Kier molecular flexibility index (Phi) is 4.11. The summed E-state index contributed by atoms with van der Waals surface area (Å²) in [6.07, 6.45) is 7.09. The van der Waals surface area contributed by atoms with Gasteiger partial charge in [-0.05, 0) is 40.5 Å². The second-order valence-corrected chi connectivity index (χ2v) is 6.27. The van der Waals surface area contributed by atoms with Crippen molar-refractivity contribution < 1.29 is 9.31 Å². The minimum atomic E-state index is 0.519. The Bertz CT molecular complexity index is 287. The molecule has 1 aliphatic carbocycles. The molecule has 1 heterocycles. The van der Waals surface area contributed by atoms with Crippen LogP contribution < -0.4 is 0 Å². The van der Waals surface area contributed by atoms with Crippen LogP contribution in [-0.4, -0.2) is 29.2 Å². The van der Waals surface area contributed by atoms with Crippen LogP contribution in [0, 0.1) is 11.8 Å². The zero-order chi connectivity index (χ0) is 12.4. The van der Waals surface area contributed by atoms with E-state index in [1.54, 1.807) is 0 Å². The van der Waals surface area contributed by atoms with Crippen molar-refractivity contribution in [2.45, 2.75) is 71.9 Å². The highest BCUT2D eigenvalue weighted by Gasteiger charge is 2.42. The van der Waals surface area contributed by atoms with Crippen LogP contribution in [0.5, 0.6) is 0 Å².